The Balaban J connectivity index is 1.84. The topological polar surface area (TPSA) is 59.0 Å². The number of amides is 1. The van der Waals surface area contributed by atoms with Crippen molar-refractivity contribution < 1.29 is 4.79 Å². The molecule has 1 amide bonds. The molecule has 0 aliphatic carbocycles. The van der Waals surface area contributed by atoms with E-state index in [0.717, 1.165) is 10.7 Å². The largest absolute Gasteiger partial charge is 0.342 e. The normalized spacial score (nSPS) is 11.9. The molecule has 21 heavy (non-hydrogen) atoms. The molecule has 0 aromatic carbocycles. The minimum Gasteiger partial charge on any atom is -0.342 e. The molecule has 0 saturated heterocycles. The highest BCUT2D eigenvalue weighted by Crippen LogP contribution is 2.15. The zero-order valence-corrected chi connectivity index (χ0v) is 13.0. The lowest BCUT2D eigenvalue weighted by molar-refractivity contribution is -0.128. The molecule has 1 unspecified atom stereocenters. The van der Waals surface area contributed by atoms with Crippen LogP contribution in [0.5, 0.6) is 0 Å². The van der Waals surface area contributed by atoms with Gasteiger partial charge in [0.2, 0.25) is 5.91 Å². The second kappa shape index (κ2) is 7.73. The molecule has 0 N–H and O–H groups in total. The van der Waals surface area contributed by atoms with Gasteiger partial charge in [-0.25, -0.2) is 4.98 Å². The van der Waals surface area contributed by atoms with E-state index >= 15 is 0 Å². The minimum absolute atomic E-state index is 0.0820. The smallest absolute Gasteiger partial charge is 0.232 e. The summed E-state index contributed by atoms with van der Waals surface area (Å²) in [4.78, 5) is 26.4. The predicted octanol–water partition coefficient (Wildman–Crippen LogP) is 2.05. The summed E-state index contributed by atoms with van der Waals surface area (Å²) in [5, 5.41) is 0.862. The predicted molar refractivity (Wildman–Crippen MR) is 82.9 cm³/mol. The number of hydrogen-bond donors (Lipinski definition) is 0. The van der Waals surface area contributed by atoms with E-state index in [9.17, 15) is 4.79 Å². The summed E-state index contributed by atoms with van der Waals surface area (Å²) in [6.45, 7) is 2.01. The molecule has 2 heterocycles. The molecule has 0 bridgehead atoms. The van der Waals surface area contributed by atoms with Crippen molar-refractivity contribution in [1.29, 1.82) is 0 Å². The van der Waals surface area contributed by atoms with Crippen LogP contribution in [0.15, 0.2) is 48.0 Å². The van der Waals surface area contributed by atoms with Gasteiger partial charge >= 0.3 is 0 Å². The molecular formula is C15H18N4OS. The number of carbonyl (C=O) groups excluding carboxylic acids is 1. The maximum atomic E-state index is 12.2. The summed E-state index contributed by atoms with van der Waals surface area (Å²) >= 11 is 1.45. The van der Waals surface area contributed by atoms with Crippen LogP contribution in [0.2, 0.25) is 0 Å². The lowest BCUT2D eigenvalue weighted by Crippen LogP contribution is -2.37. The molecule has 0 fully saturated rings. The van der Waals surface area contributed by atoms with Crippen LogP contribution < -0.4 is 0 Å². The van der Waals surface area contributed by atoms with Crippen molar-refractivity contribution in [2.24, 2.45) is 0 Å². The first-order chi connectivity index (χ1) is 10.2. The van der Waals surface area contributed by atoms with Crippen molar-refractivity contribution in [3.8, 4) is 0 Å². The Morgan fingerprint density at radius 1 is 1.29 bits per heavy atom. The molecule has 0 spiro atoms. The number of hydrogen-bond acceptors (Lipinski definition) is 5. The van der Waals surface area contributed by atoms with Gasteiger partial charge in [0, 0.05) is 44.3 Å². The first-order valence-electron chi connectivity index (χ1n) is 6.71. The van der Waals surface area contributed by atoms with Crippen molar-refractivity contribution >= 4 is 17.7 Å². The van der Waals surface area contributed by atoms with Gasteiger partial charge in [0.1, 0.15) is 0 Å². The molecule has 0 radical (unpaired) electrons. The number of likely N-dealkylation sites (N-methyl/N-ethyl adjacent to an activating group) is 1. The van der Waals surface area contributed by atoms with Crippen molar-refractivity contribution in [2.75, 3.05) is 12.8 Å². The molecule has 2 rings (SSSR count). The SMILES string of the molecule is CC(Cc1cnccn1)N(C)C(=O)CSc1ccccn1. The maximum Gasteiger partial charge on any atom is 0.232 e. The van der Waals surface area contributed by atoms with Gasteiger partial charge in [0.25, 0.3) is 0 Å². The van der Waals surface area contributed by atoms with E-state index in [1.165, 1.54) is 11.8 Å². The molecule has 5 nitrogen and oxygen atoms in total. The van der Waals surface area contributed by atoms with E-state index in [0.29, 0.717) is 12.2 Å². The van der Waals surface area contributed by atoms with Gasteiger partial charge in [-0.1, -0.05) is 17.8 Å². The minimum atomic E-state index is 0.0820. The van der Waals surface area contributed by atoms with E-state index in [2.05, 4.69) is 15.0 Å². The molecule has 2 aromatic rings. The Hall–Kier alpha value is -1.95. The average molecular weight is 302 g/mol. The lowest BCUT2D eigenvalue weighted by atomic mass is 10.1. The summed E-state index contributed by atoms with van der Waals surface area (Å²) in [6.07, 6.45) is 7.47. The number of nitrogens with zero attached hydrogens (tertiary/aromatic N) is 4. The van der Waals surface area contributed by atoms with Crippen molar-refractivity contribution in [3.63, 3.8) is 0 Å². The Bertz CT molecular complexity index is 564. The Kier molecular flexibility index (Phi) is 5.68. The summed E-state index contributed by atoms with van der Waals surface area (Å²) in [5.74, 6) is 0.472. The first kappa shape index (κ1) is 15.4. The number of pyridine rings is 1. The van der Waals surface area contributed by atoms with Crippen molar-refractivity contribution in [1.82, 2.24) is 19.9 Å². The van der Waals surface area contributed by atoms with Crippen LogP contribution >= 0.6 is 11.8 Å². The lowest BCUT2D eigenvalue weighted by Gasteiger charge is -2.24. The molecule has 110 valence electrons. The van der Waals surface area contributed by atoms with Crippen LogP contribution in [-0.2, 0) is 11.2 Å². The number of carbonyl (C=O) groups is 1. The second-order valence-corrected chi connectivity index (χ2v) is 5.71. The van der Waals surface area contributed by atoms with Crippen molar-refractivity contribution in [3.05, 3.63) is 48.7 Å². The van der Waals surface area contributed by atoms with Gasteiger partial charge in [-0.05, 0) is 19.1 Å². The zero-order valence-electron chi connectivity index (χ0n) is 12.1. The van der Waals surface area contributed by atoms with Crippen molar-refractivity contribution in [2.45, 2.75) is 24.4 Å². The third kappa shape index (κ3) is 4.82. The Morgan fingerprint density at radius 3 is 2.81 bits per heavy atom. The van der Waals surface area contributed by atoms with Crippen LogP contribution in [0.4, 0.5) is 0 Å². The van der Waals surface area contributed by atoms with Gasteiger partial charge in [-0.2, -0.15) is 0 Å². The average Bonchev–Trinajstić information content (AvgIpc) is 2.53. The molecule has 0 saturated carbocycles. The van der Waals surface area contributed by atoms with E-state index < -0.39 is 0 Å². The van der Waals surface area contributed by atoms with Crippen LogP contribution in [0.25, 0.3) is 0 Å². The maximum absolute atomic E-state index is 12.2. The number of aromatic nitrogens is 3. The third-order valence-electron chi connectivity index (χ3n) is 3.16. The zero-order chi connectivity index (χ0) is 15.1. The Morgan fingerprint density at radius 2 is 2.14 bits per heavy atom. The quantitative estimate of drug-likeness (QED) is 0.764. The van der Waals surface area contributed by atoms with Crippen LogP contribution in [0.1, 0.15) is 12.6 Å². The van der Waals surface area contributed by atoms with E-state index in [1.807, 2.05) is 32.2 Å². The molecule has 2 aromatic heterocycles. The molecule has 1 atom stereocenters. The fourth-order valence-corrected chi connectivity index (χ4v) is 2.58. The van der Waals surface area contributed by atoms with Gasteiger partial charge in [-0.3, -0.25) is 14.8 Å². The molecule has 0 aliphatic heterocycles. The number of rotatable bonds is 6. The van der Waals surface area contributed by atoms with Crippen LogP contribution in [-0.4, -0.2) is 44.6 Å². The first-order valence-corrected chi connectivity index (χ1v) is 7.69. The van der Waals surface area contributed by atoms with Crippen LogP contribution in [0, 0.1) is 0 Å². The fraction of sp³-hybridized carbons (Fsp3) is 0.333. The highest BCUT2D eigenvalue weighted by molar-refractivity contribution is 7.99. The molecule has 6 heteroatoms. The van der Waals surface area contributed by atoms with E-state index in [-0.39, 0.29) is 11.9 Å². The van der Waals surface area contributed by atoms with E-state index in [1.54, 1.807) is 29.7 Å². The van der Waals surface area contributed by atoms with E-state index in [4.69, 9.17) is 0 Å². The molecular weight excluding hydrogens is 284 g/mol. The van der Waals surface area contributed by atoms with Gasteiger partial charge in [-0.15, -0.1) is 0 Å². The third-order valence-corrected chi connectivity index (χ3v) is 4.09. The highest BCUT2D eigenvalue weighted by atomic mass is 32.2. The van der Waals surface area contributed by atoms with Crippen LogP contribution in [0.3, 0.4) is 0 Å². The van der Waals surface area contributed by atoms with Gasteiger partial charge in [0.05, 0.1) is 16.5 Å². The number of thioether (sulfide) groups is 1. The monoisotopic (exact) mass is 302 g/mol. The summed E-state index contributed by atoms with van der Waals surface area (Å²) in [5.41, 5.74) is 0.891. The second-order valence-electron chi connectivity index (χ2n) is 4.71. The van der Waals surface area contributed by atoms with Gasteiger partial charge < -0.3 is 4.90 Å². The summed E-state index contributed by atoms with van der Waals surface area (Å²) in [6, 6.07) is 5.76. The highest BCUT2D eigenvalue weighted by Gasteiger charge is 2.17. The fourth-order valence-electron chi connectivity index (χ4n) is 1.79. The standard InChI is InChI=1S/C15H18N4OS/c1-12(9-13-10-16-7-8-17-13)19(2)15(20)11-21-14-5-3-4-6-18-14/h3-8,10,12H,9,11H2,1-2H3. The Labute approximate surface area is 128 Å². The summed E-state index contributed by atoms with van der Waals surface area (Å²) in [7, 11) is 1.82. The van der Waals surface area contributed by atoms with Gasteiger partial charge in [0.15, 0.2) is 0 Å². The molecule has 0 aliphatic rings. The summed E-state index contributed by atoms with van der Waals surface area (Å²) < 4.78 is 0.